The molecule has 2 fully saturated rings. The van der Waals surface area contributed by atoms with Gasteiger partial charge in [0, 0.05) is 43.9 Å². The number of fused-ring (bicyclic) bond motifs is 1. The van der Waals surface area contributed by atoms with Crippen LogP contribution in [0.15, 0.2) is 48.9 Å². The molecule has 0 spiro atoms. The molecule has 0 aromatic carbocycles. The molecule has 27 heavy (non-hydrogen) atoms. The minimum Gasteiger partial charge on any atom is -0.324 e. The van der Waals surface area contributed by atoms with Gasteiger partial charge in [-0.3, -0.25) is 19.7 Å². The Balaban J connectivity index is 1.50. The highest BCUT2D eigenvalue weighted by atomic mass is 32.2. The second-order valence-electron chi connectivity index (χ2n) is 7.21. The number of amides is 1. The van der Waals surface area contributed by atoms with Crippen LogP contribution in [0, 0.1) is 11.8 Å². The summed E-state index contributed by atoms with van der Waals surface area (Å²) in [4.78, 5) is 23.3. The predicted octanol–water partition coefficient (Wildman–Crippen LogP) is 1.35. The third-order valence-corrected chi connectivity index (χ3v) is 7.68. The van der Waals surface area contributed by atoms with Crippen LogP contribution in [0.4, 0.5) is 5.69 Å². The summed E-state index contributed by atoms with van der Waals surface area (Å²) in [6.45, 7) is 1.64. The standard InChI is InChI=1S/C19H22N4O3S/c24-19(22-14-5-3-7-20-10-14)16-6-9-27(25,26)18-13-23(12-17(16)18)11-15-4-1-2-8-21-15/h1-5,7-8,10,16-18H,6,9,11-13H2,(H,22,24)/t16-,17-,18-/m1/s1. The van der Waals surface area contributed by atoms with Crippen molar-refractivity contribution in [3.05, 3.63) is 54.6 Å². The molecule has 142 valence electrons. The second kappa shape index (κ2) is 7.36. The van der Waals surface area contributed by atoms with E-state index in [0.29, 0.717) is 31.7 Å². The van der Waals surface area contributed by atoms with Crippen LogP contribution in [0.3, 0.4) is 0 Å². The van der Waals surface area contributed by atoms with Crippen LogP contribution in [-0.4, -0.2) is 53.3 Å². The Morgan fingerprint density at radius 2 is 2.07 bits per heavy atom. The van der Waals surface area contributed by atoms with Gasteiger partial charge in [-0.05, 0) is 30.7 Å². The molecule has 0 bridgehead atoms. The molecule has 4 rings (SSSR count). The lowest BCUT2D eigenvalue weighted by Crippen LogP contribution is -2.45. The number of hydrogen-bond acceptors (Lipinski definition) is 6. The number of pyridine rings is 2. The van der Waals surface area contributed by atoms with Gasteiger partial charge < -0.3 is 5.32 Å². The molecule has 4 heterocycles. The average molecular weight is 386 g/mol. The van der Waals surface area contributed by atoms with E-state index < -0.39 is 15.1 Å². The van der Waals surface area contributed by atoms with Crippen LogP contribution in [-0.2, 0) is 21.2 Å². The molecule has 1 amide bonds. The highest BCUT2D eigenvalue weighted by Gasteiger charge is 2.50. The molecule has 8 heteroatoms. The van der Waals surface area contributed by atoms with Gasteiger partial charge in [-0.25, -0.2) is 8.42 Å². The number of carbonyl (C=O) groups is 1. The summed E-state index contributed by atoms with van der Waals surface area (Å²) in [7, 11) is -3.18. The van der Waals surface area contributed by atoms with Crippen LogP contribution in [0.2, 0.25) is 0 Å². The fourth-order valence-corrected chi connectivity index (χ4v) is 6.28. The maximum atomic E-state index is 12.8. The van der Waals surface area contributed by atoms with Crippen molar-refractivity contribution in [3.8, 4) is 0 Å². The molecule has 2 aliphatic heterocycles. The van der Waals surface area contributed by atoms with Crippen LogP contribution in [0.1, 0.15) is 12.1 Å². The first kappa shape index (κ1) is 18.1. The fourth-order valence-electron chi connectivity index (χ4n) is 4.15. The SMILES string of the molecule is O=C(Nc1cccnc1)[C@@H]1CCS(=O)(=O)[C@@H]2CN(Cc3ccccn3)C[C@@H]21. The van der Waals surface area contributed by atoms with Crippen molar-refractivity contribution < 1.29 is 13.2 Å². The summed E-state index contributed by atoms with van der Waals surface area (Å²) in [6.07, 6.45) is 5.34. The third kappa shape index (κ3) is 3.86. The van der Waals surface area contributed by atoms with Crippen molar-refractivity contribution in [2.45, 2.75) is 18.2 Å². The van der Waals surface area contributed by atoms with E-state index in [1.807, 2.05) is 18.2 Å². The van der Waals surface area contributed by atoms with Crippen molar-refractivity contribution in [1.82, 2.24) is 14.9 Å². The Morgan fingerprint density at radius 3 is 2.81 bits per heavy atom. The molecule has 1 N–H and O–H groups in total. The zero-order valence-electron chi connectivity index (χ0n) is 14.9. The summed E-state index contributed by atoms with van der Waals surface area (Å²) >= 11 is 0. The van der Waals surface area contributed by atoms with Crippen molar-refractivity contribution >= 4 is 21.4 Å². The van der Waals surface area contributed by atoms with Gasteiger partial charge in [0.15, 0.2) is 9.84 Å². The molecule has 0 radical (unpaired) electrons. The Labute approximate surface area is 158 Å². The Hall–Kier alpha value is -2.32. The van der Waals surface area contributed by atoms with Gasteiger partial charge in [0.05, 0.1) is 28.6 Å². The number of rotatable bonds is 4. The van der Waals surface area contributed by atoms with Gasteiger partial charge in [-0.15, -0.1) is 0 Å². The lowest BCUT2D eigenvalue weighted by Gasteiger charge is -2.31. The van der Waals surface area contributed by atoms with E-state index in [1.165, 1.54) is 0 Å². The third-order valence-electron chi connectivity index (χ3n) is 5.45. The number of hydrogen-bond donors (Lipinski definition) is 1. The van der Waals surface area contributed by atoms with E-state index >= 15 is 0 Å². The number of aromatic nitrogens is 2. The van der Waals surface area contributed by atoms with E-state index in [9.17, 15) is 13.2 Å². The smallest absolute Gasteiger partial charge is 0.227 e. The fraction of sp³-hybridized carbons (Fsp3) is 0.421. The first-order valence-corrected chi connectivity index (χ1v) is 10.8. The molecule has 2 aromatic rings. The average Bonchev–Trinajstić information content (AvgIpc) is 3.08. The van der Waals surface area contributed by atoms with Crippen LogP contribution >= 0.6 is 0 Å². The molecule has 0 unspecified atom stereocenters. The van der Waals surface area contributed by atoms with Crippen LogP contribution in [0.25, 0.3) is 0 Å². The lowest BCUT2D eigenvalue weighted by molar-refractivity contribution is -0.121. The molecule has 7 nitrogen and oxygen atoms in total. The minimum absolute atomic E-state index is 0.0662. The summed E-state index contributed by atoms with van der Waals surface area (Å²) in [5, 5.41) is 2.40. The largest absolute Gasteiger partial charge is 0.324 e. The Kier molecular flexibility index (Phi) is 4.92. The summed E-state index contributed by atoms with van der Waals surface area (Å²) in [5.74, 6) is -0.555. The van der Waals surface area contributed by atoms with E-state index in [1.54, 1.807) is 30.7 Å². The maximum absolute atomic E-state index is 12.8. The van der Waals surface area contributed by atoms with Gasteiger partial charge in [0.2, 0.25) is 5.91 Å². The van der Waals surface area contributed by atoms with Crippen molar-refractivity contribution in [1.29, 1.82) is 0 Å². The van der Waals surface area contributed by atoms with Gasteiger partial charge in [-0.1, -0.05) is 6.07 Å². The number of anilines is 1. The highest BCUT2D eigenvalue weighted by molar-refractivity contribution is 7.92. The number of sulfone groups is 1. The quantitative estimate of drug-likeness (QED) is 0.853. The van der Waals surface area contributed by atoms with Gasteiger partial charge in [0.1, 0.15) is 0 Å². The molecule has 2 aliphatic rings. The minimum atomic E-state index is -3.18. The van der Waals surface area contributed by atoms with Gasteiger partial charge in [-0.2, -0.15) is 0 Å². The number of nitrogens with zero attached hydrogens (tertiary/aromatic N) is 3. The summed E-state index contributed by atoms with van der Waals surface area (Å²) in [5.41, 5.74) is 1.54. The molecular formula is C19H22N4O3S. The van der Waals surface area contributed by atoms with E-state index in [2.05, 4.69) is 20.2 Å². The number of carbonyl (C=O) groups excluding carboxylic acids is 1. The van der Waals surface area contributed by atoms with E-state index in [0.717, 1.165) is 5.69 Å². The van der Waals surface area contributed by atoms with Crippen molar-refractivity contribution in [3.63, 3.8) is 0 Å². The van der Waals surface area contributed by atoms with Crippen molar-refractivity contribution in [2.75, 3.05) is 24.2 Å². The topological polar surface area (TPSA) is 92.3 Å². The van der Waals surface area contributed by atoms with E-state index in [-0.39, 0.29) is 23.5 Å². The van der Waals surface area contributed by atoms with Gasteiger partial charge in [0.25, 0.3) is 0 Å². The van der Waals surface area contributed by atoms with Gasteiger partial charge >= 0.3 is 0 Å². The zero-order chi connectivity index (χ0) is 18.9. The Bertz CT molecular complexity index is 905. The lowest BCUT2D eigenvalue weighted by atomic mass is 9.87. The van der Waals surface area contributed by atoms with Crippen molar-refractivity contribution in [2.24, 2.45) is 11.8 Å². The molecule has 0 saturated carbocycles. The predicted molar refractivity (Wildman–Crippen MR) is 102 cm³/mol. The summed E-state index contributed by atoms with van der Waals surface area (Å²) < 4.78 is 25.2. The van der Waals surface area contributed by atoms with Crippen LogP contribution in [0.5, 0.6) is 0 Å². The Morgan fingerprint density at radius 1 is 1.19 bits per heavy atom. The molecule has 0 aliphatic carbocycles. The maximum Gasteiger partial charge on any atom is 0.227 e. The normalized spacial score (nSPS) is 27.0. The molecule has 3 atom stereocenters. The molecule has 2 aromatic heterocycles. The zero-order valence-corrected chi connectivity index (χ0v) is 15.7. The molecule has 2 saturated heterocycles. The number of nitrogens with one attached hydrogen (secondary N) is 1. The first-order valence-electron chi connectivity index (χ1n) is 9.08. The highest BCUT2D eigenvalue weighted by Crippen LogP contribution is 2.37. The first-order chi connectivity index (χ1) is 13.0. The summed E-state index contributed by atoms with van der Waals surface area (Å²) in [6, 6.07) is 9.25. The second-order valence-corrected chi connectivity index (χ2v) is 9.55. The van der Waals surface area contributed by atoms with E-state index in [4.69, 9.17) is 0 Å². The monoisotopic (exact) mass is 386 g/mol. The molecular weight excluding hydrogens is 364 g/mol. The van der Waals surface area contributed by atoms with Crippen LogP contribution < -0.4 is 5.32 Å². The number of likely N-dealkylation sites (tertiary alicyclic amines) is 1.